The Morgan fingerprint density at radius 2 is 1.70 bits per heavy atom. The summed E-state index contributed by atoms with van der Waals surface area (Å²) in [6.45, 7) is 0.464. The Bertz CT molecular complexity index is 1010. The Morgan fingerprint density at radius 3 is 2.36 bits per heavy atom. The van der Waals surface area contributed by atoms with Gasteiger partial charge in [-0.1, -0.05) is 25.0 Å². The highest BCUT2D eigenvalue weighted by Crippen LogP contribution is 2.28. The van der Waals surface area contributed by atoms with Crippen molar-refractivity contribution in [3.05, 3.63) is 65.2 Å². The second-order valence-electron chi connectivity index (χ2n) is 9.36. The van der Waals surface area contributed by atoms with E-state index in [0.29, 0.717) is 17.7 Å². The molecule has 6 nitrogen and oxygen atoms in total. The highest BCUT2D eigenvalue weighted by Gasteiger charge is 2.29. The average molecular weight is 445 g/mol. The van der Waals surface area contributed by atoms with Gasteiger partial charge in [0.2, 0.25) is 5.91 Å². The summed E-state index contributed by atoms with van der Waals surface area (Å²) in [4.78, 5) is 28.0. The van der Waals surface area contributed by atoms with Crippen LogP contribution in [0.2, 0.25) is 0 Å². The molecular formula is C27H32N4O2. The molecule has 0 spiro atoms. The molecule has 2 saturated carbocycles. The molecule has 0 radical (unpaired) electrons. The zero-order chi connectivity index (χ0) is 23.2. The molecule has 0 atom stereocenters. The lowest BCUT2D eigenvalue weighted by atomic mass is 9.90. The van der Waals surface area contributed by atoms with E-state index in [1.807, 2.05) is 29.2 Å². The lowest BCUT2D eigenvalue weighted by Gasteiger charge is -2.36. The lowest BCUT2D eigenvalue weighted by molar-refractivity contribution is -0.119. The molecule has 0 unspecified atom stereocenters. The van der Waals surface area contributed by atoms with Crippen molar-refractivity contribution in [1.82, 2.24) is 4.90 Å². The molecule has 2 aromatic rings. The fourth-order valence-corrected chi connectivity index (χ4v) is 5.01. The van der Waals surface area contributed by atoms with Crippen LogP contribution in [0.1, 0.15) is 72.9 Å². The summed E-state index contributed by atoms with van der Waals surface area (Å²) in [5, 5.41) is 12.1. The van der Waals surface area contributed by atoms with E-state index in [-0.39, 0.29) is 29.8 Å². The molecule has 0 heterocycles. The van der Waals surface area contributed by atoms with Crippen LogP contribution >= 0.6 is 0 Å². The van der Waals surface area contributed by atoms with Crippen LogP contribution in [0.15, 0.2) is 48.5 Å². The van der Waals surface area contributed by atoms with Gasteiger partial charge in [0.15, 0.2) is 0 Å². The quantitative estimate of drug-likeness (QED) is 0.680. The van der Waals surface area contributed by atoms with E-state index < -0.39 is 0 Å². The molecule has 3 N–H and O–H groups in total. The Hall–Kier alpha value is -3.17. The minimum absolute atomic E-state index is 0.0413. The molecule has 172 valence electrons. The van der Waals surface area contributed by atoms with E-state index in [1.54, 1.807) is 24.3 Å². The Kier molecular flexibility index (Phi) is 7.41. The number of rotatable bonds is 6. The van der Waals surface area contributed by atoms with Crippen LogP contribution in [0.5, 0.6) is 0 Å². The largest absolute Gasteiger partial charge is 0.331 e. The first-order valence-electron chi connectivity index (χ1n) is 12.0. The Morgan fingerprint density at radius 1 is 1.00 bits per heavy atom. The molecule has 33 heavy (non-hydrogen) atoms. The molecule has 2 aliphatic rings. The molecule has 0 aliphatic heterocycles. The van der Waals surface area contributed by atoms with Crippen molar-refractivity contribution in [1.29, 1.82) is 5.26 Å². The van der Waals surface area contributed by atoms with E-state index in [1.165, 1.54) is 0 Å². The van der Waals surface area contributed by atoms with Gasteiger partial charge in [0, 0.05) is 35.8 Å². The molecular weight excluding hydrogens is 412 g/mol. The molecule has 2 aliphatic carbocycles. The topological polar surface area (TPSA) is 99.2 Å². The summed E-state index contributed by atoms with van der Waals surface area (Å²) in [7, 11) is 0. The zero-order valence-electron chi connectivity index (χ0n) is 19.0. The molecule has 2 aromatic carbocycles. The SMILES string of the molecule is N#Cc1ccc(C(=O)N(Cc2cccc(NC(=O)C3CCCC3)c2)C2CCC(N)CC2)cc1. The van der Waals surface area contributed by atoms with Gasteiger partial charge in [-0.05, 0) is 80.5 Å². The van der Waals surface area contributed by atoms with Gasteiger partial charge in [-0.3, -0.25) is 9.59 Å². The van der Waals surface area contributed by atoms with Crippen molar-refractivity contribution in [2.24, 2.45) is 11.7 Å². The first-order chi connectivity index (χ1) is 16.0. The first-order valence-corrected chi connectivity index (χ1v) is 12.0. The number of nitrogens with two attached hydrogens (primary N) is 1. The van der Waals surface area contributed by atoms with Gasteiger partial charge in [-0.25, -0.2) is 0 Å². The summed E-state index contributed by atoms with van der Waals surface area (Å²) >= 11 is 0. The number of hydrogen-bond acceptors (Lipinski definition) is 4. The van der Waals surface area contributed by atoms with E-state index in [4.69, 9.17) is 11.0 Å². The maximum atomic E-state index is 13.5. The van der Waals surface area contributed by atoms with Gasteiger partial charge < -0.3 is 16.0 Å². The number of anilines is 1. The average Bonchev–Trinajstić information content (AvgIpc) is 3.38. The Balaban J connectivity index is 1.52. The van der Waals surface area contributed by atoms with Gasteiger partial charge in [0.25, 0.3) is 5.91 Å². The molecule has 6 heteroatoms. The molecule has 0 bridgehead atoms. The predicted octanol–water partition coefficient (Wildman–Crippen LogP) is 4.60. The van der Waals surface area contributed by atoms with Crippen molar-refractivity contribution >= 4 is 17.5 Å². The first kappa shape index (κ1) is 23.0. The Labute approximate surface area is 195 Å². The van der Waals surface area contributed by atoms with Gasteiger partial charge in [-0.15, -0.1) is 0 Å². The zero-order valence-corrected chi connectivity index (χ0v) is 19.0. The van der Waals surface area contributed by atoms with Crippen molar-refractivity contribution in [3.8, 4) is 6.07 Å². The summed E-state index contributed by atoms with van der Waals surface area (Å²) in [6.07, 6.45) is 7.72. The number of benzene rings is 2. The van der Waals surface area contributed by atoms with Crippen molar-refractivity contribution in [3.63, 3.8) is 0 Å². The number of nitrogens with one attached hydrogen (secondary N) is 1. The van der Waals surface area contributed by atoms with Crippen LogP contribution in [0, 0.1) is 17.2 Å². The molecule has 0 saturated heterocycles. The predicted molar refractivity (Wildman–Crippen MR) is 128 cm³/mol. The van der Waals surface area contributed by atoms with E-state index in [2.05, 4.69) is 11.4 Å². The van der Waals surface area contributed by atoms with Gasteiger partial charge in [0.05, 0.1) is 11.6 Å². The van der Waals surface area contributed by atoms with Crippen LogP contribution in [0.25, 0.3) is 0 Å². The van der Waals surface area contributed by atoms with Crippen LogP contribution in [-0.2, 0) is 11.3 Å². The van der Waals surface area contributed by atoms with Crippen molar-refractivity contribution in [2.45, 2.75) is 70.0 Å². The standard InChI is InChI=1S/C27H32N4O2/c28-17-19-8-10-22(11-9-19)27(33)31(25-14-12-23(29)13-15-25)18-20-4-3-7-24(16-20)30-26(32)21-5-1-2-6-21/h3-4,7-11,16,21,23,25H,1-2,5-6,12-15,18,29H2,(H,30,32). The third-order valence-corrected chi connectivity index (χ3v) is 6.98. The summed E-state index contributed by atoms with van der Waals surface area (Å²) in [6, 6.07) is 17.0. The van der Waals surface area contributed by atoms with Crippen LogP contribution < -0.4 is 11.1 Å². The normalized spacial score (nSPS) is 20.7. The van der Waals surface area contributed by atoms with Gasteiger partial charge in [0.1, 0.15) is 0 Å². The fourth-order valence-electron chi connectivity index (χ4n) is 5.01. The highest BCUT2D eigenvalue weighted by atomic mass is 16.2. The molecule has 2 fully saturated rings. The second kappa shape index (κ2) is 10.6. The minimum atomic E-state index is -0.0413. The number of amides is 2. The van der Waals surface area contributed by atoms with E-state index in [9.17, 15) is 9.59 Å². The fraction of sp³-hybridized carbons (Fsp3) is 0.444. The number of nitrogens with zero attached hydrogens (tertiary/aromatic N) is 2. The van der Waals surface area contributed by atoms with Crippen LogP contribution in [-0.4, -0.2) is 28.8 Å². The minimum Gasteiger partial charge on any atom is -0.331 e. The van der Waals surface area contributed by atoms with Crippen LogP contribution in [0.4, 0.5) is 5.69 Å². The third-order valence-electron chi connectivity index (χ3n) is 6.98. The van der Waals surface area contributed by atoms with Crippen molar-refractivity contribution < 1.29 is 9.59 Å². The number of carbonyl (C=O) groups excluding carboxylic acids is 2. The summed E-state index contributed by atoms with van der Waals surface area (Å²) in [5.41, 5.74) is 8.99. The monoisotopic (exact) mass is 444 g/mol. The third kappa shape index (κ3) is 5.80. The lowest BCUT2D eigenvalue weighted by Crippen LogP contribution is -2.43. The molecule has 4 rings (SSSR count). The maximum absolute atomic E-state index is 13.5. The number of nitriles is 1. The maximum Gasteiger partial charge on any atom is 0.254 e. The van der Waals surface area contributed by atoms with Gasteiger partial charge in [-0.2, -0.15) is 5.26 Å². The van der Waals surface area contributed by atoms with Crippen LogP contribution in [0.3, 0.4) is 0 Å². The highest BCUT2D eigenvalue weighted by molar-refractivity contribution is 5.95. The number of carbonyl (C=O) groups is 2. The van der Waals surface area contributed by atoms with Crippen molar-refractivity contribution in [2.75, 3.05) is 5.32 Å². The van der Waals surface area contributed by atoms with Gasteiger partial charge >= 0.3 is 0 Å². The molecule has 2 amide bonds. The number of hydrogen-bond donors (Lipinski definition) is 2. The summed E-state index contributed by atoms with van der Waals surface area (Å²) < 4.78 is 0. The van der Waals surface area contributed by atoms with E-state index >= 15 is 0 Å². The molecule has 0 aromatic heterocycles. The summed E-state index contributed by atoms with van der Waals surface area (Å²) in [5.74, 6) is 0.159. The van der Waals surface area contributed by atoms with E-state index in [0.717, 1.165) is 62.6 Å². The second-order valence-corrected chi connectivity index (χ2v) is 9.36. The smallest absolute Gasteiger partial charge is 0.254 e.